The molecule has 0 aliphatic rings. The van der Waals surface area contributed by atoms with Gasteiger partial charge >= 0.3 is 12.3 Å². The molecule has 2 aromatic rings. The molecule has 0 radical (unpaired) electrons. The summed E-state index contributed by atoms with van der Waals surface area (Å²) in [6.45, 7) is 0. The van der Waals surface area contributed by atoms with Crippen LogP contribution in [0.15, 0.2) is 48.5 Å². The van der Waals surface area contributed by atoms with Gasteiger partial charge in [0.2, 0.25) is 0 Å². The van der Waals surface area contributed by atoms with Crippen LogP contribution >= 0.6 is 0 Å². The minimum Gasteiger partial charge on any atom is -0.395 e. The van der Waals surface area contributed by atoms with Crippen LogP contribution in [0, 0.1) is 11.3 Å². The summed E-state index contributed by atoms with van der Waals surface area (Å²) in [5.41, 5.74) is -0.455. The second-order valence-electron chi connectivity index (χ2n) is 4.11. The third kappa shape index (κ3) is 3.99. The van der Waals surface area contributed by atoms with Crippen LogP contribution in [0.2, 0.25) is 0 Å². The average molecular weight is 307 g/mol. The number of hydrogen-bond acceptors (Lipinski definition) is 4. The van der Waals surface area contributed by atoms with E-state index in [1.165, 1.54) is 24.3 Å². The number of hydrogen-bond donors (Lipinski definition) is 0. The fourth-order valence-corrected chi connectivity index (χ4v) is 1.52. The van der Waals surface area contributed by atoms with E-state index in [0.29, 0.717) is 5.56 Å². The van der Waals surface area contributed by atoms with E-state index in [1.807, 2.05) is 6.07 Å². The molecule has 0 bridgehead atoms. The molecule has 4 nitrogen and oxygen atoms in total. The Kier molecular flexibility index (Phi) is 4.32. The number of benzene rings is 2. The molecule has 0 heterocycles. The van der Waals surface area contributed by atoms with Crippen molar-refractivity contribution in [3.05, 3.63) is 59.7 Å². The summed E-state index contributed by atoms with van der Waals surface area (Å²) in [5.74, 6) is 0.0718. The van der Waals surface area contributed by atoms with Gasteiger partial charge in [0.15, 0.2) is 0 Å². The normalized spacial score (nSPS) is 10.6. The van der Waals surface area contributed by atoms with Crippen LogP contribution in [0.5, 0.6) is 11.5 Å². The molecule has 0 fully saturated rings. The molecule has 0 aliphatic heterocycles. The van der Waals surface area contributed by atoms with Gasteiger partial charge in [0, 0.05) is 0 Å². The van der Waals surface area contributed by atoms with Crippen LogP contribution in [0.25, 0.3) is 0 Å². The summed E-state index contributed by atoms with van der Waals surface area (Å²) in [4.78, 5) is 11.5. The van der Waals surface area contributed by atoms with Gasteiger partial charge in [0.05, 0.1) is 17.2 Å². The molecule has 0 unspecified atom stereocenters. The Bertz CT molecular complexity index is 701. The molecule has 22 heavy (non-hydrogen) atoms. The third-order valence-corrected chi connectivity index (χ3v) is 2.57. The minimum atomic E-state index is -4.46. The van der Waals surface area contributed by atoms with E-state index in [9.17, 15) is 18.0 Å². The van der Waals surface area contributed by atoms with Crippen molar-refractivity contribution in [3.63, 3.8) is 0 Å². The van der Waals surface area contributed by atoms with Crippen molar-refractivity contribution in [1.82, 2.24) is 0 Å². The summed E-state index contributed by atoms with van der Waals surface area (Å²) in [5, 5.41) is 8.62. The Labute approximate surface area is 123 Å². The zero-order valence-corrected chi connectivity index (χ0v) is 10.9. The molecule has 2 rings (SSSR count). The molecule has 112 valence electrons. The fraction of sp³-hybridized carbons (Fsp3) is 0.0667. The monoisotopic (exact) mass is 307 g/mol. The van der Waals surface area contributed by atoms with E-state index >= 15 is 0 Å². The SMILES string of the molecule is N#Cc1ccc(OC(=O)Oc2ccc(C(F)(F)F)cc2)cc1. The number of alkyl halides is 3. The van der Waals surface area contributed by atoms with Gasteiger partial charge < -0.3 is 9.47 Å². The first-order valence-electron chi connectivity index (χ1n) is 5.95. The Hall–Kier alpha value is -3.01. The lowest BCUT2D eigenvalue weighted by Crippen LogP contribution is -2.14. The van der Waals surface area contributed by atoms with Crippen molar-refractivity contribution < 1.29 is 27.4 Å². The van der Waals surface area contributed by atoms with Crippen LogP contribution in [-0.4, -0.2) is 6.16 Å². The lowest BCUT2D eigenvalue weighted by Gasteiger charge is -2.08. The van der Waals surface area contributed by atoms with Gasteiger partial charge in [0.1, 0.15) is 11.5 Å². The van der Waals surface area contributed by atoms with Crippen LogP contribution in [0.1, 0.15) is 11.1 Å². The molecule has 2 aromatic carbocycles. The van der Waals surface area contributed by atoms with Crippen molar-refractivity contribution in [2.45, 2.75) is 6.18 Å². The van der Waals surface area contributed by atoms with Gasteiger partial charge in [-0.1, -0.05) is 0 Å². The standard InChI is InChI=1S/C15H8F3NO3/c16-15(17,18)11-3-7-13(8-4-11)22-14(20)21-12-5-1-10(9-19)2-6-12/h1-8H. The topological polar surface area (TPSA) is 59.3 Å². The van der Waals surface area contributed by atoms with Crippen LogP contribution in [0.3, 0.4) is 0 Å². The first-order valence-corrected chi connectivity index (χ1v) is 5.95. The summed E-state index contributed by atoms with van der Waals surface area (Å²) in [6, 6.07) is 11.2. The second-order valence-corrected chi connectivity index (χ2v) is 4.11. The molecule has 0 saturated heterocycles. The Morgan fingerprint density at radius 1 is 0.909 bits per heavy atom. The van der Waals surface area contributed by atoms with Crippen LogP contribution in [0.4, 0.5) is 18.0 Å². The average Bonchev–Trinajstić information content (AvgIpc) is 2.47. The lowest BCUT2D eigenvalue weighted by molar-refractivity contribution is -0.137. The number of carbonyl (C=O) groups is 1. The highest BCUT2D eigenvalue weighted by atomic mass is 19.4. The van der Waals surface area contributed by atoms with Gasteiger partial charge in [-0.15, -0.1) is 0 Å². The van der Waals surface area contributed by atoms with Crippen molar-refractivity contribution >= 4 is 6.16 Å². The number of halogens is 3. The minimum absolute atomic E-state index is 0.0772. The quantitative estimate of drug-likeness (QED) is 0.617. The maximum absolute atomic E-state index is 12.4. The highest BCUT2D eigenvalue weighted by molar-refractivity contribution is 5.67. The van der Waals surface area contributed by atoms with Gasteiger partial charge in [-0.25, -0.2) is 4.79 Å². The van der Waals surface area contributed by atoms with E-state index < -0.39 is 17.9 Å². The zero-order valence-electron chi connectivity index (χ0n) is 10.9. The second kappa shape index (κ2) is 6.18. The zero-order chi connectivity index (χ0) is 16.2. The highest BCUT2D eigenvalue weighted by Crippen LogP contribution is 2.30. The van der Waals surface area contributed by atoms with Crippen LogP contribution < -0.4 is 9.47 Å². The van der Waals surface area contributed by atoms with Gasteiger partial charge in [0.25, 0.3) is 0 Å². The van der Waals surface area contributed by atoms with Gasteiger partial charge in [-0.2, -0.15) is 18.4 Å². The molecule has 0 aromatic heterocycles. The van der Waals surface area contributed by atoms with E-state index in [0.717, 1.165) is 24.3 Å². The molecular weight excluding hydrogens is 299 g/mol. The Balaban J connectivity index is 1.98. The number of ether oxygens (including phenoxy) is 2. The molecule has 0 amide bonds. The summed E-state index contributed by atoms with van der Waals surface area (Å²) in [7, 11) is 0. The Morgan fingerprint density at radius 3 is 1.77 bits per heavy atom. The molecule has 7 heteroatoms. The lowest BCUT2D eigenvalue weighted by atomic mass is 10.2. The molecule has 0 atom stereocenters. The summed E-state index contributed by atoms with van der Waals surface area (Å²) < 4.78 is 46.7. The van der Waals surface area contributed by atoms with Gasteiger partial charge in [-0.05, 0) is 48.5 Å². The Morgan fingerprint density at radius 2 is 1.36 bits per heavy atom. The maximum atomic E-state index is 12.4. The van der Waals surface area contributed by atoms with Gasteiger partial charge in [-0.3, -0.25) is 0 Å². The first-order chi connectivity index (χ1) is 10.4. The number of nitrogens with zero attached hydrogens (tertiary/aromatic N) is 1. The number of nitriles is 1. The molecule has 0 saturated carbocycles. The predicted molar refractivity (Wildman–Crippen MR) is 69.3 cm³/mol. The molecular formula is C15H8F3NO3. The van der Waals surface area contributed by atoms with Crippen molar-refractivity contribution in [2.24, 2.45) is 0 Å². The van der Waals surface area contributed by atoms with Crippen molar-refractivity contribution in [1.29, 1.82) is 5.26 Å². The highest BCUT2D eigenvalue weighted by Gasteiger charge is 2.30. The summed E-state index contributed by atoms with van der Waals surface area (Å²) >= 11 is 0. The summed E-state index contributed by atoms with van der Waals surface area (Å²) in [6.07, 6.45) is -5.55. The predicted octanol–water partition coefficient (Wildman–Crippen LogP) is 4.15. The fourth-order valence-electron chi connectivity index (χ4n) is 1.52. The first kappa shape index (κ1) is 15.4. The molecule has 0 spiro atoms. The van der Waals surface area contributed by atoms with E-state index in [4.69, 9.17) is 14.7 Å². The largest absolute Gasteiger partial charge is 0.519 e. The smallest absolute Gasteiger partial charge is 0.395 e. The number of rotatable bonds is 2. The van der Waals surface area contributed by atoms with Crippen LogP contribution in [-0.2, 0) is 6.18 Å². The third-order valence-electron chi connectivity index (χ3n) is 2.57. The van der Waals surface area contributed by atoms with E-state index in [2.05, 4.69) is 0 Å². The number of carbonyl (C=O) groups excluding carboxylic acids is 1. The molecule has 0 aliphatic carbocycles. The molecule has 0 N–H and O–H groups in total. The van der Waals surface area contributed by atoms with Crippen molar-refractivity contribution in [3.8, 4) is 17.6 Å². The van der Waals surface area contributed by atoms with Crippen molar-refractivity contribution in [2.75, 3.05) is 0 Å². The van der Waals surface area contributed by atoms with E-state index in [-0.39, 0.29) is 11.5 Å². The van der Waals surface area contributed by atoms with E-state index in [1.54, 1.807) is 0 Å². The maximum Gasteiger partial charge on any atom is 0.519 e.